The molecule has 1 heterocycles. The summed E-state index contributed by atoms with van der Waals surface area (Å²) in [5, 5.41) is 0. The quantitative estimate of drug-likeness (QED) is 0.795. The molecule has 1 saturated heterocycles. The van der Waals surface area contributed by atoms with Gasteiger partial charge in [0, 0.05) is 13.1 Å². The molecule has 5 nitrogen and oxygen atoms in total. The van der Waals surface area contributed by atoms with Crippen LogP contribution >= 0.6 is 0 Å². The van der Waals surface area contributed by atoms with Crippen LogP contribution < -0.4 is 4.72 Å². The Hall–Kier alpha value is -0.460. The Morgan fingerprint density at radius 2 is 1.69 bits per heavy atom. The largest absolute Gasteiger partial charge is 0.298 e. The molecule has 1 aliphatic heterocycles. The number of hydrogen-bond acceptors (Lipinski definition) is 3. The Balaban J connectivity index is 2.64. The number of carbonyl (C=O) groups is 1. The van der Waals surface area contributed by atoms with E-state index in [0.29, 0.717) is 13.1 Å². The maximum Gasteiger partial charge on any atom is 0.280 e. The fourth-order valence-corrected chi connectivity index (χ4v) is 3.16. The van der Waals surface area contributed by atoms with E-state index in [9.17, 15) is 13.2 Å². The fourth-order valence-electron chi connectivity index (χ4n) is 1.66. The fraction of sp³-hybridized carbons (Fsp3) is 0.900. The van der Waals surface area contributed by atoms with Crippen LogP contribution in [-0.2, 0) is 15.0 Å². The van der Waals surface area contributed by atoms with E-state index in [4.69, 9.17) is 0 Å². The summed E-state index contributed by atoms with van der Waals surface area (Å²) >= 11 is 0. The minimum Gasteiger partial charge on any atom is -0.298 e. The molecule has 1 fully saturated rings. The number of nitrogens with one attached hydrogen (secondary N) is 1. The molecule has 16 heavy (non-hydrogen) atoms. The number of ketones is 1. The van der Waals surface area contributed by atoms with E-state index in [1.807, 2.05) is 0 Å². The van der Waals surface area contributed by atoms with E-state index in [1.165, 1.54) is 11.2 Å². The van der Waals surface area contributed by atoms with Crippen molar-refractivity contribution >= 4 is 16.0 Å². The summed E-state index contributed by atoms with van der Waals surface area (Å²) in [6.07, 6.45) is 3.95. The lowest BCUT2D eigenvalue weighted by atomic mass is 10.2. The van der Waals surface area contributed by atoms with E-state index in [1.54, 1.807) is 6.92 Å². The van der Waals surface area contributed by atoms with E-state index in [-0.39, 0.29) is 5.78 Å². The van der Waals surface area contributed by atoms with Gasteiger partial charge in [0.1, 0.15) is 5.78 Å². The van der Waals surface area contributed by atoms with E-state index in [2.05, 4.69) is 4.72 Å². The lowest BCUT2D eigenvalue weighted by molar-refractivity contribution is -0.118. The van der Waals surface area contributed by atoms with Crippen molar-refractivity contribution in [3.63, 3.8) is 0 Å². The van der Waals surface area contributed by atoms with Gasteiger partial charge in [-0.25, -0.2) is 0 Å². The van der Waals surface area contributed by atoms with Crippen molar-refractivity contribution < 1.29 is 13.2 Å². The Labute approximate surface area is 97.4 Å². The third-order valence-electron chi connectivity index (χ3n) is 2.84. The van der Waals surface area contributed by atoms with E-state index < -0.39 is 16.3 Å². The molecule has 0 aromatic rings. The minimum atomic E-state index is -3.49. The van der Waals surface area contributed by atoms with Crippen molar-refractivity contribution in [2.75, 3.05) is 13.1 Å². The summed E-state index contributed by atoms with van der Waals surface area (Å²) in [6.45, 7) is 4.06. The Bertz CT molecular complexity index is 332. The second-order valence-electron chi connectivity index (χ2n) is 4.27. The standard InChI is InChI=1S/C10H20N2O3S/c1-9(10(2)13)11-16(14,15)12-7-5-3-4-6-8-12/h9,11H,3-8H2,1-2H3. The zero-order valence-electron chi connectivity index (χ0n) is 9.90. The molecule has 0 aromatic heterocycles. The molecule has 0 aliphatic carbocycles. The minimum absolute atomic E-state index is 0.168. The average molecular weight is 248 g/mol. The smallest absolute Gasteiger partial charge is 0.280 e. The van der Waals surface area contributed by atoms with E-state index >= 15 is 0 Å². The highest BCUT2D eigenvalue weighted by atomic mass is 32.2. The maximum atomic E-state index is 11.9. The van der Waals surface area contributed by atoms with Gasteiger partial charge in [0.25, 0.3) is 10.2 Å². The van der Waals surface area contributed by atoms with Gasteiger partial charge in [0.2, 0.25) is 0 Å². The van der Waals surface area contributed by atoms with Crippen molar-refractivity contribution in [3.8, 4) is 0 Å². The molecular formula is C10H20N2O3S. The van der Waals surface area contributed by atoms with Gasteiger partial charge in [0.05, 0.1) is 6.04 Å². The van der Waals surface area contributed by atoms with Gasteiger partial charge < -0.3 is 0 Å². The second kappa shape index (κ2) is 5.75. The molecule has 1 aliphatic rings. The molecule has 0 radical (unpaired) electrons. The van der Waals surface area contributed by atoms with Crippen LogP contribution in [0.2, 0.25) is 0 Å². The SMILES string of the molecule is CC(=O)C(C)NS(=O)(=O)N1CCCCCC1. The lowest BCUT2D eigenvalue weighted by Gasteiger charge is -2.22. The molecule has 1 rings (SSSR count). The Morgan fingerprint density at radius 3 is 2.12 bits per heavy atom. The first-order chi connectivity index (χ1) is 7.43. The molecule has 0 bridgehead atoms. The van der Waals surface area contributed by atoms with Crippen LogP contribution in [0.25, 0.3) is 0 Å². The number of rotatable bonds is 4. The summed E-state index contributed by atoms with van der Waals surface area (Å²) in [5.74, 6) is -0.168. The molecule has 1 N–H and O–H groups in total. The van der Waals surface area contributed by atoms with E-state index in [0.717, 1.165) is 25.7 Å². The molecule has 0 aromatic carbocycles. The van der Waals surface area contributed by atoms with Crippen molar-refractivity contribution in [3.05, 3.63) is 0 Å². The van der Waals surface area contributed by atoms with Crippen LogP contribution in [0.3, 0.4) is 0 Å². The first-order valence-corrected chi connectivity index (χ1v) is 7.15. The predicted molar refractivity (Wildman–Crippen MR) is 62.2 cm³/mol. The number of hydrogen-bond donors (Lipinski definition) is 1. The normalized spacial score (nSPS) is 21.4. The van der Waals surface area contributed by atoms with Crippen LogP contribution in [0.1, 0.15) is 39.5 Å². The summed E-state index contributed by atoms with van der Waals surface area (Å²) in [5.41, 5.74) is 0. The van der Waals surface area contributed by atoms with Crippen LogP contribution in [0.15, 0.2) is 0 Å². The maximum absolute atomic E-state index is 11.9. The zero-order chi connectivity index (χ0) is 12.2. The lowest BCUT2D eigenvalue weighted by Crippen LogP contribution is -2.46. The van der Waals surface area contributed by atoms with Crippen molar-refractivity contribution in [1.29, 1.82) is 0 Å². The van der Waals surface area contributed by atoms with Crippen LogP contribution in [0.5, 0.6) is 0 Å². The first-order valence-electron chi connectivity index (χ1n) is 5.71. The highest BCUT2D eigenvalue weighted by molar-refractivity contribution is 7.87. The van der Waals surface area contributed by atoms with Gasteiger partial charge in [-0.3, -0.25) is 4.79 Å². The molecule has 0 amide bonds. The third kappa shape index (κ3) is 3.84. The number of carbonyl (C=O) groups excluding carboxylic acids is 1. The van der Waals surface area contributed by atoms with Gasteiger partial charge in [-0.05, 0) is 26.7 Å². The zero-order valence-corrected chi connectivity index (χ0v) is 10.7. The molecule has 1 atom stereocenters. The molecule has 0 saturated carbocycles. The Morgan fingerprint density at radius 1 is 1.19 bits per heavy atom. The molecular weight excluding hydrogens is 228 g/mol. The number of nitrogens with zero attached hydrogens (tertiary/aromatic N) is 1. The van der Waals surface area contributed by atoms with Crippen molar-refractivity contribution in [1.82, 2.24) is 9.03 Å². The number of Topliss-reactive ketones (excluding diaryl/α,β-unsaturated/α-hetero) is 1. The van der Waals surface area contributed by atoms with Crippen molar-refractivity contribution in [2.24, 2.45) is 0 Å². The van der Waals surface area contributed by atoms with Crippen LogP contribution in [-0.4, -0.2) is 37.6 Å². The second-order valence-corrected chi connectivity index (χ2v) is 5.97. The third-order valence-corrected chi connectivity index (χ3v) is 4.54. The topological polar surface area (TPSA) is 66.5 Å². The van der Waals surface area contributed by atoms with Gasteiger partial charge in [-0.2, -0.15) is 17.4 Å². The van der Waals surface area contributed by atoms with Crippen molar-refractivity contribution in [2.45, 2.75) is 45.6 Å². The van der Waals surface area contributed by atoms with Crippen LogP contribution in [0.4, 0.5) is 0 Å². The highest BCUT2D eigenvalue weighted by Crippen LogP contribution is 2.12. The molecule has 94 valence electrons. The predicted octanol–water partition coefficient (Wildman–Crippen LogP) is 0.674. The monoisotopic (exact) mass is 248 g/mol. The summed E-state index contributed by atoms with van der Waals surface area (Å²) < 4.78 is 27.7. The molecule has 0 spiro atoms. The van der Waals surface area contributed by atoms with Gasteiger partial charge >= 0.3 is 0 Å². The summed E-state index contributed by atoms with van der Waals surface area (Å²) in [4.78, 5) is 11.0. The van der Waals surface area contributed by atoms with Crippen LogP contribution in [0, 0.1) is 0 Å². The molecule has 1 unspecified atom stereocenters. The molecule has 6 heteroatoms. The summed E-state index contributed by atoms with van der Waals surface area (Å²) in [6, 6.07) is -0.645. The Kier molecular flexibility index (Phi) is 4.89. The van der Waals surface area contributed by atoms with Gasteiger partial charge in [-0.1, -0.05) is 12.8 Å². The van der Waals surface area contributed by atoms with Gasteiger partial charge in [0.15, 0.2) is 0 Å². The average Bonchev–Trinajstić information content (AvgIpc) is 2.45. The van der Waals surface area contributed by atoms with Gasteiger partial charge in [-0.15, -0.1) is 0 Å². The highest BCUT2D eigenvalue weighted by Gasteiger charge is 2.25. The first kappa shape index (κ1) is 13.6. The summed E-state index contributed by atoms with van der Waals surface area (Å²) in [7, 11) is -3.49.